The molecule has 0 unspecified atom stereocenters. The average Bonchev–Trinajstić information content (AvgIpc) is 2.33. The first-order valence-electron chi connectivity index (χ1n) is 5.74. The van der Waals surface area contributed by atoms with Crippen molar-refractivity contribution in [3.63, 3.8) is 0 Å². The molecular weight excluding hydrogens is 264 g/mol. The molecule has 0 saturated heterocycles. The van der Waals surface area contributed by atoms with E-state index >= 15 is 0 Å². The summed E-state index contributed by atoms with van der Waals surface area (Å²) in [6.45, 7) is 2.30. The van der Waals surface area contributed by atoms with E-state index in [1.807, 2.05) is 25.1 Å². The summed E-state index contributed by atoms with van der Waals surface area (Å²) in [7, 11) is 1.58. The molecule has 2 rings (SSSR count). The van der Waals surface area contributed by atoms with Crippen LogP contribution in [0.25, 0.3) is 0 Å². The predicted octanol–water partition coefficient (Wildman–Crippen LogP) is 2.91. The van der Waals surface area contributed by atoms with Crippen molar-refractivity contribution < 1.29 is 4.74 Å². The third-order valence-electron chi connectivity index (χ3n) is 2.45. The molecule has 0 spiro atoms. The van der Waals surface area contributed by atoms with Crippen molar-refractivity contribution in [1.29, 1.82) is 0 Å². The summed E-state index contributed by atoms with van der Waals surface area (Å²) in [5.74, 6) is 1.49. The van der Waals surface area contributed by atoms with Gasteiger partial charge >= 0.3 is 0 Å². The molecule has 0 aliphatic carbocycles. The maximum Gasteiger partial charge on any atom is 0.158 e. The topological polar surface area (TPSA) is 73.1 Å². The van der Waals surface area contributed by atoms with Gasteiger partial charge in [0.1, 0.15) is 18.2 Å². The van der Waals surface area contributed by atoms with Crippen LogP contribution < -0.4 is 11.1 Å². The van der Waals surface area contributed by atoms with Gasteiger partial charge in [-0.1, -0.05) is 17.7 Å². The highest BCUT2D eigenvalue weighted by atomic mass is 35.5. The third-order valence-corrected chi connectivity index (χ3v) is 2.78. The second-order valence-corrected chi connectivity index (χ2v) is 4.54. The molecule has 0 bridgehead atoms. The predicted molar refractivity (Wildman–Crippen MR) is 76.6 cm³/mol. The van der Waals surface area contributed by atoms with E-state index in [1.165, 1.54) is 0 Å². The van der Waals surface area contributed by atoms with E-state index in [0.29, 0.717) is 29.1 Å². The number of aromatic nitrogens is 2. The van der Waals surface area contributed by atoms with Crippen LogP contribution >= 0.6 is 11.6 Å². The van der Waals surface area contributed by atoms with E-state index in [9.17, 15) is 0 Å². The van der Waals surface area contributed by atoms with E-state index < -0.39 is 0 Å². The molecule has 6 heteroatoms. The summed E-state index contributed by atoms with van der Waals surface area (Å²) in [6.07, 6.45) is 0. The molecule has 1 aromatic carbocycles. The molecule has 0 aliphatic rings. The van der Waals surface area contributed by atoms with Crippen LogP contribution in [-0.4, -0.2) is 17.1 Å². The van der Waals surface area contributed by atoms with Crippen LogP contribution in [0.15, 0.2) is 24.3 Å². The lowest BCUT2D eigenvalue weighted by Crippen LogP contribution is -2.04. The molecule has 1 aromatic heterocycles. The van der Waals surface area contributed by atoms with Crippen molar-refractivity contribution in [3.05, 3.63) is 40.7 Å². The Morgan fingerprint density at radius 3 is 2.84 bits per heavy atom. The van der Waals surface area contributed by atoms with Crippen LogP contribution in [-0.2, 0) is 11.3 Å². The molecule has 0 aliphatic heterocycles. The highest BCUT2D eigenvalue weighted by Gasteiger charge is 2.05. The lowest BCUT2D eigenvalue weighted by Gasteiger charge is -2.10. The zero-order valence-electron chi connectivity index (χ0n) is 10.8. The van der Waals surface area contributed by atoms with Crippen LogP contribution in [0.2, 0.25) is 5.02 Å². The Bertz CT molecular complexity index is 589. The molecule has 19 heavy (non-hydrogen) atoms. The monoisotopic (exact) mass is 278 g/mol. The van der Waals surface area contributed by atoms with Gasteiger partial charge in [0, 0.05) is 13.2 Å². The first kappa shape index (κ1) is 13.6. The van der Waals surface area contributed by atoms with Gasteiger partial charge in [-0.15, -0.1) is 0 Å². The van der Waals surface area contributed by atoms with Gasteiger partial charge in [0.25, 0.3) is 0 Å². The SMILES string of the molecule is COCc1nc(N)cc(Nc2cc(C)ccc2Cl)n1. The number of ether oxygens (including phenoxy) is 1. The number of rotatable bonds is 4. The minimum atomic E-state index is 0.307. The number of nitrogens with zero attached hydrogens (tertiary/aromatic N) is 2. The molecule has 0 radical (unpaired) electrons. The Morgan fingerprint density at radius 1 is 1.32 bits per heavy atom. The zero-order chi connectivity index (χ0) is 13.8. The maximum absolute atomic E-state index is 6.13. The van der Waals surface area contributed by atoms with E-state index in [-0.39, 0.29) is 0 Å². The number of benzene rings is 1. The van der Waals surface area contributed by atoms with Crippen molar-refractivity contribution in [2.45, 2.75) is 13.5 Å². The van der Waals surface area contributed by atoms with Gasteiger partial charge in [-0.05, 0) is 24.6 Å². The van der Waals surface area contributed by atoms with Crippen LogP contribution in [0.4, 0.5) is 17.3 Å². The number of nitrogens with two attached hydrogens (primary N) is 1. The van der Waals surface area contributed by atoms with Crippen molar-refractivity contribution in [2.24, 2.45) is 0 Å². The minimum Gasteiger partial charge on any atom is -0.384 e. The van der Waals surface area contributed by atoms with Crippen LogP contribution in [0, 0.1) is 6.92 Å². The van der Waals surface area contributed by atoms with Gasteiger partial charge < -0.3 is 15.8 Å². The Kier molecular flexibility index (Phi) is 4.19. The molecule has 0 atom stereocenters. The molecule has 0 fully saturated rings. The maximum atomic E-state index is 6.13. The third kappa shape index (κ3) is 3.56. The number of hydrogen-bond acceptors (Lipinski definition) is 5. The molecule has 1 heterocycles. The van der Waals surface area contributed by atoms with Crippen molar-refractivity contribution in [3.8, 4) is 0 Å². The summed E-state index contributed by atoms with van der Waals surface area (Å²) in [5, 5.41) is 3.76. The quantitative estimate of drug-likeness (QED) is 0.900. The summed E-state index contributed by atoms with van der Waals surface area (Å²) >= 11 is 6.13. The van der Waals surface area contributed by atoms with E-state index in [0.717, 1.165) is 11.3 Å². The number of halogens is 1. The first-order chi connectivity index (χ1) is 9.08. The molecule has 5 nitrogen and oxygen atoms in total. The van der Waals surface area contributed by atoms with E-state index in [2.05, 4.69) is 15.3 Å². The summed E-state index contributed by atoms with van der Waals surface area (Å²) < 4.78 is 5.00. The van der Waals surface area contributed by atoms with Gasteiger partial charge in [0.2, 0.25) is 0 Å². The molecule has 2 aromatic rings. The lowest BCUT2D eigenvalue weighted by molar-refractivity contribution is 0.178. The van der Waals surface area contributed by atoms with Crippen molar-refractivity contribution in [2.75, 3.05) is 18.2 Å². The first-order valence-corrected chi connectivity index (χ1v) is 6.12. The molecule has 100 valence electrons. The number of anilines is 3. The van der Waals surface area contributed by atoms with Gasteiger partial charge in [-0.3, -0.25) is 0 Å². The van der Waals surface area contributed by atoms with Gasteiger partial charge in [-0.25, -0.2) is 9.97 Å². The van der Waals surface area contributed by atoms with Crippen LogP contribution in [0.5, 0.6) is 0 Å². The van der Waals surface area contributed by atoms with Crippen LogP contribution in [0.3, 0.4) is 0 Å². The number of hydrogen-bond donors (Lipinski definition) is 2. The highest BCUT2D eigenvalue weighted by Crippen LogP contribution is 2.26. The lowest BCUT2D eigenvalue weighted by atomic mass is 10.2. The molecule has 0 saturated carbocycles. The highest BCUT2D eigenvalue weighted by molar-refractivity contribution is 6.33. The van der Waals surface area contributed by atoms with E-state index in [1.54, 1.807) is 13.2 Å². The minimum absolute atomic E-state index is 0.307. The summed E-state index contributed by atoms with van der Waals surface area (Å²) in [6, 6.07) is 7.37. The number of aryl methyl sites for hydroxylation is 1. The molecule has 0 amide bonds. The largest absolute Gasteiger partial charge is 0.384 e. The van der Waals surface area contributed by atoms with Gasteiger partial charge in [0.15, 0.2) is 5.82 Å². The number of nitrogen functional groups attached to an aromatic ring is 1. The fraction of sp³-hybridized carbons (Fsp3) is 0.231. The molecule has 3 N–H and O–H groups in total. The Hall–Kier alpha value is -1.85. The standard InChI is InChI=1S/C13H15ClN4O/c1-8-3-4-9(14)10(5-8)16-12-6-11(15)17-13(18-12)7-19-2/h3-6H,7H2,1-2H3,(H3,15,16,17,18). The van der Waals surface area contributed by atoms with Crippen LogP contribution in [0.1, 0.15) is 11.4 Å². The van der Waals surface area contributed by atoms with Crippen molar-refractivity contribution >= 4 is 28.9 Å². The number of methoxy groups -OCH3 is 1. The fourth-order valence-corrected chi connectivity index (χ4v) is 1.81. The number of nitrogens with one attached hydrogen (secondary N) is 1. The smallest absolute Gasteiger partial charge is 0.158 e. The normalized spacial score (nSPS) is 10.5. The molecular formula is C13H15ClN4O. The van der Waals surface area contributed by atoms with E-state index in [4.69, 9.17) is 22.1 Å². The second kappa shape index (κ2) is 5.86. The zero-order valence-corrected chi connectivity index (χ0v) is 11.5. The van der Waals surface area contributed by atoms with Crippen molar-refractivity contribution in [1.82, 2.24) is 9.97 Å². The van der Waals surface area contributed by atoms with Gasteiger partial charge in [-0.2, -0.15) is 0 Å². The second-order valence-electron chi connectivity index (χ2n) is 4.14. The van der Waals surface area contributed by atoms with Gasteiger partial charge in [0.05, 0.1) is 10.7 Å². The Balaban J connectivity index is 2.29. The fourth-order valence-electron chi connectivity index (χ4n) is 1.65. The summed E-state index contributed by atoms with van der Waals surface area (Å²) in [4.78, 5) is 8.38. The summed E-state index contributed by atoms with van der Waals surface area (Å²) in [5.41, 5.74) is 7.62. The Labute approximate surface area is 116 Å². The average molecular weight is 279 g/mol. The Morgan fingerprint density at radius 2 is 2.11 bits per heavy atom.